The van der Waals surface area contributed by atoms with Crippen molar-refractivity contribution in [2.45, 2.75) is 57.8 Å². The highest BCUT2D eigenvalue weighted by molar-refractivity contribution is 7.15. The lowest BCUT2D eigenvalue weighted by atomic mass is 9.84. The Bertz CT molecular complexity index is 538. The van der Waals surface area contributed by atoms with Crippen LogP contribution in [0, 0.1) is 0 Å². The zero-order chi connectivity index (χ0) is 16.7. The second kappa shape index (κ2) is 8.76. The topological polar surface area (TPSA) is 87.7 Å². The van der Waals surface area contributed by atoms with Crippen LogP contribution in [0.3, 0.4) is 0 Å². The Kier molecular flexibility index (Phi) is 6.70. The molecule has 0 unspecified atom stereocenters. The molecule has 0 bridgehead atoms. The van der Waals surface area contributed by atoms with Crippen molar-refractivity contribution in [1.29, 1.82) is 0 Å². The van der Waals surface area contributed by atoms with Crippen LogP contribution in [0.2, 0.25) is 0 Å². The summed E-state index contributed by atoms with van der Waals surface area (Å²) in [5, 5.41) is 16.7. The normalized spacial score (nSPS) is 15.2. The van der Waals surface area contributed by atoms with Gasteiger partial charge in [0.15, 0.2) is 0 Å². The largest absolute Gasteiger partial charge is 0.465 e. The van der Waals surface area contributed by atoms with Crippen molar-refractivity contribution < 1.29 is 19.4 Å². The van der Waals surface area contributed by atoms with Crippen molar-refractivity contribution in [3.63, 3.8) is 0 Å². The summed E-state index contributed by atoms with van der Waals surface area (Å²) < 4.78 is 5.08. The molecule has 0 radical (unpaired) electrons. The van der Waals surface area contributed by atoms with Crippen molar-refractivity contribution in [2.24, 2.45) is 0 Å². The molecule has 1 aromatic rings. The summed E-state index contributed by atoms with van der Waals surface area (Å²) in [7, 11) is 0. The first-order valence-electron chi connectivity index (χ1n) is 8.17. The van der Waals surface area contributed by atoms with Crippen LogP contribution in [0.25, 0.3) is 0 Å². The number of thiophene rings is 1. The molecule has 2 rings (SSSR count). The number of hydrogen-bond acceptors (Lipinski definition) is 4. The summed E-state index contributed by atoms with van der Waals surface area (Å²) in [4.78, 5) is 22.9. The van der Waals surface area contributed by atoms with E-state index in [0.717, 1.165) is 44.1 Å². The molecule has 3 N–H and O–H groups in total. The highest BCUT2D eigenvalue weighted by atomic mass is 32.1. The minimum atomic E-state index is -1.12. The van der Waals surface area contributed by atoms with E-state index in [1.807, 2.05) is 12.3 Å². The van der Waals surface area contributed by atoms with Gasteiger partial charge in [-0.3, -0.25) is 10.6 Å². The van der Waals surface area contributed by atoms with Crippen molar-refractivity contribution in [3.05, 3.63) is 10.9 Å². The third-order valence-electron chi connectivity index (χ3n) is 4.04. The molecule has 2 amide bonds. The summed E-state index contributed by atoms with van der Waals surface area (Å²) in [6, 6.07) is 0. The first-order valence-corrected chi connectivity index (χ1v) is 9.05. The van der Waals surface area contributed by atoms with Crippen LogP contribution in [0.1, 0.15) is 63.4 Å². The Labute approximate surface area is 140 Å². The van der Waals surface area contributed by atoms with Crippen molar-refractivity contribution in [2.75, 3.05) is 17.2 Å². The molecule has 6 nitrogen and oxygen atoms in total. The van der Waals surface area contributed by atoms with E-state index in [0.29, 0.717) is 23.2 Å². The van der Waals surface area contributed by atoms with Gasteiger partial charge in [-0.05, 0) is 36.1 Å². The van der Waals surface area contributed by atoms with E-state index in [2.05, 4.69) is 10.6 Å². The van der Waals surface area contributed by atoms with Gasteiger partial charge in [0.25, 0.3) is 0 Å². The van der Waals surface area contributed by atoms with E-state index in [1.54, 1.807) is 0 Å². The van der Waals surface area contributed by atoms with Crippen LogP contribution < -0.4 is 10.6 Å². The summed E-state index contributed by atoms with van der Waals surface area (Å²) in [6.45, 7) is 2.39. The molecule has 1 aliphatic rings. The predicted octanol–water partition coefficient (Wildman–Crippen LogP) is 5.23. The molecule has 1 aromatic heterocycles. The number of anilines is 2. The second-order valence-corrected chi connectivity index (χ2v) is 6.65. The Morgan fingerprint density at radius 2 is 2.04 bits per heavy atom. The minimum Gasteiger partial charge on any atom is -0.465 e. The van der Waals surface area contributed by atoms with E-state index in [4.69, 9.17) is 9.84 Å². The molecule has 0 saturated heterocycles. The van der Waals surface area contributed by atoms with Gasteiger partial charge in [-0.1, -0.05) is 32.6 Å². The van der Waals surface area contributed by atoms with Crippen LogP contribution >= 0.6 is 11.3 Å². The highest BCUT2D eigenvalue weighted by Gasteiger charge is 2.24. The van der Waals surface area contributed by atoms with Gasteiger partial charge in [0.1, 0.15) is 5.00 Å². The maximum atomic E-state index is 11.8. The van der Waals surface area contributed by atoms with E-state index in [-0.39, 0.29) is 0 Å². The van der Waals surface area contributed by atoms with Gasteiger partial charge in [0.05, 0.1) is 12.3 Å². The fraction of sp³-hybridized carbons (Fsp3) is 0.625. The fourth-order valence-corrected chi connectivity index (χ4v) is 3.84. The number of rotatable bonds is 6. The molecular formula is C16H24N2O4S. The lowest BCUT2D eigenvalue weighted by molar-refractivity contribution is 0.160. The Morgan fingerprint density at radius 3 is 2.70 bits per heavy atom. The maximum absolute atomic E-state index is 11.8. The number of hydrogen-bond donors (Lipinski definition) is 3. The third kappa shape index (κ3) is 5.13. The van der Waals surface area contributed by atoms with Gasteiger partial charge in [-0.25, -0.2) is 9.59 Å². The molecule has 0 aliphatic heterocycles. The predicted molar refractivity (Wildman–Crippen MR) is 91.7 cm³/mol. The number of carbonyl (C=O) groups is 2. The number of carboxylic acid groups (broad SMARTS) is 1. The van der Waals surface area contributed by atoms with E-state index >= 15 is 0 Å². The number of unbranched alkanes of at least 4 members (excludes halogenated alkanes) is 1. The third-order valence-corrected chi connectivity index (χ3v) is 4.96. The molecule has 1 fully saturated rings. The van der Waals surface area contributed by atoms with Gasteiger partial charge in [-0.15, -0.1) is 11.3 Å². The Morgan fingerprint density at radius 1 is 1.30 bits per heavy atom. The van der Waals surface area contributed by atoms with Crippen LogP contribution in [0.15, 0.2) is 5.38 Å². The molecule has 0 atom stereocenters. The molecule has 23 heavy (non-hydrogen) atoms. The Hall–Kier alpha value is -1.76. The Balaban J connectivity index is 2.10. The summed E-state index contributed by atoms with van der Waals surface area (Å²) in [5.74, 6) is 0.355. The van der Waals surface area contributed by atoms with Gasteiger partial charge in [0.2, 0.25) is 0 Å². The molecule has 128 valence electrons. The summed E-state index contributed by atoms with van der Waals surface area (Å²) >= 11 is 1.34. The minimum absolute atomic E-state index is 0.355. The first kappa shape index (κ1) is 17.6. The monoisotopic (exact) mass is 340 g/mol. The molecule has 0 aromatic carbocycles. The molecule has 7 heteroatoms. The SMILES string of the molecule is CCCCOC(=O)Nc1scc(C2CCCCC2)c1NC(=O)O. The fourth-order valence-electron chi connectivity index (χ4n) is 2.85. The van der Waals surface area contributed by atoms with Crippen molar-refractivity contribution in [3.8, 4) is 0 Å². The lowest BCUT2D eigenvalue weighted by Gasteiger charge is -2.22. The summed E-state index contributed by atoms with van der Waals surface area (Å²) in [5.41, 5.74) is 1.49. The average molecular weight is 340 g/mol. The standard InChI is InChI=1S/C16H24N2O4S/c1-2-3-9-22-16(21)18-14-13(17-15(19)20)12(10-23-14)11-7-5-4-6-8-11/h10-11,17H,2-9H2,1H3,(H,18,21)(H,19,20). The molecule has 1 saturated carbocycles. The van der Waals surface area contributed by atoms with Gasteiger partial charge >= 0.3 is 12.2 Å². The van der Waals surface area contributed by atoms with Gasteiger partial charge in [0, 0.05) is 0 Å². The molecule has 0 spiro atoms. The van der Waals surface area contributed by atoms with Crippen LogP contribution in [-0.4, -0.2) is 23.9 Å². The molecule has 1 heterocycles. The quantitative estimate of drug-likeness (QED) is 0.618. The van der Waals surface area contributed by atoms with Crippen molar-refractivity contribution in [1.82, 2.24) is 0 Å². The van der Waals surface area contributed by atoms with E-state index < -0.39 is 12.2 Å². The highest BCUT2D eigenvalue weighted by Crippen LogP contribution is 2.43. The van der Waals surface area contributed by atoms with Crippen LogP contribution in [-0.2, 0) is 4.74 Å². The van der Waals surface area contributed by atoms with Gasteiger partial charge in [-0.2, -0.15) is 0 Å². The molecule has 1 aliphatic carbocycles. The maximum Gasteiger partial charge on any atom is 0.412 e. The zero-order valence-corrected chi connectivity index (χ0v) is 14.2. The lowest BCUT2D eigenvalue weighted by Crippen LogP contribution is -2.17. The number of nitrogens with one attached hydrogen (secondary N) is 2. The average Bonchev–Trinajstić information content (AvgIpc) is 2.90. The number of ether oxygens (including phenoxy) is 1. The van der Waals surface area contributed by atoms with E-state index in [1.165, 1.54) is 17.8 Å². The summed E-state index contributed by atoms with van der Waals surface area (Å²) in [6.07, 6.45) is 5.78. The second-order valence-electron chi connectivity index (χ2n) is 5.77. The van der Waals surface area contributed by atoms with Crippen molar-refractivity contribution >= 4 is 34.2 Å². The zero-order valence-electron chi connectivity index (χ0n) is 13.4. The first-order chi connectivity index (χ1) is 11.1. The van der Waals surface area contributed by atoms with Crippen LogP contribution in [0.5, 0.6) is 0 Å². The molecular weight excluding hydrogens is 316 g/mol. The van der Waals surface area contributed by atoms with Gasteiger partial charge < -0.3 is 9.84 Å². The number of carbonyl (C=O) groups excluding carboxylic acids is 1. The number of amides is 2. The van der Waals surface area contributed by atoms with E-state index in [9.17, 15) is 9.59 Å². The van der Waals surface area contributed by atoms with Crippen LogP contribution in [0.4, 0.5) is 20.3 Å². The smallest absolute Gasteiger partial charge is 0.412 e.